The van der Waals surface area contributed by atoms with Gasteiger partial charge >= 0.3 is 0 Å². The zero-order valence-electron chi connectivity index (χ0n) is 10.6. The van der Waals surface area contributed by atoms with E-state index in [0.717, 1.165) is 11.1 Å². The van der Waals surface area contributed by atoms with Crippen molar-refractivity contribution in [3.8, 4) is 0 Å². The third-order valence-electron chi connectivity index (χ3n) is 2.75. The quantitative estimate of drug-likeness (QED) is 0.853. The number of halogens is 2. The van der Waals surface area contributed by atoms with E-state index in [1.165, 1.54) is 6.07 Å². The first-order chi connectivity index (χ1) is 9.56. The van der Waals surface area contributed by atoms with Crippen LogP contribution in [0.3, 0.4) is 0 Å². The van der Waals surface area contributed by atoms with Gasteiger partial charge in [-0.1, -0.05) is 42.0 Å². The van der Waals surface area contributed by atoms with Crippen LogP contribution in [0.15, 0.2) is 42.5 Å². The number of benzene rings is 2. The second-order valence-corrected chi connectivity index (χ2v) is 5.17. The Hall–Kier alpha value is -1.49. The van der Waals surface area contributed by atoms with Gasteiger partial charge in [-0.2, -0.15) is 0 Å². The largest absolute Gasteiger partial charge is 0.389 e. The van der Waals surface area contributed by atoms with Gasteiger partial charge in [-0.25, -0.2) is 4.39 Å². The summed E-state index contributed by atoms with van der Waals surface area (Å²) >= 11 is 10.6. The molecule has 0 saturated heterocycles. The van der Waals surface area contributed by atoms with E-state index < -0.39 is 5.82 Å². The number of thiocarbonyl (C=S) groups is 1. The third-order valence-corrected chi connectivity index (χ3v) is 3.22. The Kier molecular flexibility index (Phi) is 5.06. The van der Waals surface area contributed by atoms with Crippen LogP contribution in [-0.2, 0) is 18.0 Å². The first-order valence-electron chi connectivity index (χ1n) is 5.96. The lowest BCUT2D eigenvalue weighted by Crippen LogP contribution is -2.12. The van der Waals surface area contributed by atoms with Crippen molar-refractivity contribution in [1.82, 2.24) is 0 Å². The summed E-state index contributed by atoms with van der Waals surface area (Å²) in [6.07, 6.45) is 0. The Morgan fingerprint density at radius 3 is 2.35 bits per heavy atom. The Morgan fingerprint density at radius 1 is 1.10 bits per heavy atom. The van der Waals surface area contributed by atoms with Gasteiger partial charge in [-0.15, -0.1) is 0 Å². The normalized spacial score (nSPS) is 10.5. The van der Waals surface area contributed by atoms with Gasteiger partial charge in [0.2, 0.25) is 0 Å². The van der Waals surface area contributed by atoms with Crippen molar-refractivity contribution >= 4 is 28.8 Å². The van der Waals surface area contributed by atoms with Crippen molar-refractivity contribution in [2.24, 2.45) is 5.73 Å². The number of hydrogen-bond donors (Lipinski definition) is 1. The molecule has 2 rings (SSSR count). The predicted octanol–water partition coefficient (Wildman–Crippen LogP) is 3.83. The van der Waals surface area contributed by atoms with E-state index in [4.69, 9.17) is 34.3 Å². The minimum Gasteiger partial charge on any atom is -0.389 e. The second-order valence-electron chi connectivity index (χ2n) is 4.30. The number of ether oxygens (including phenoxy) is 1. The van der Waals surface area contributed by atoms with E-state index in [2.05, 4.69) is 0 Å². The molecule has 2 aromatic carbocycles. The highest BCUT2D eigenvalue weighted by molar-refractivity contribution is 7.80. The van der Waals surface area contributed by atoms with Crippen molar-refractivity contribution in [1.29, 1.82) is 0 Å². The molecule has 0 aromatic heterocycles. The molecule has 2 N–H and O–H groups in total. The lowest BCUT2D eigenvalue weighted by atomic mass is 10.1. The minimum atomic E-state index is -0.418. The van der Waals surface area contributed by atoms with Crippen LogP contribution in [0, 0.1) is 5.82 Å². The third kappa shape index (κ3) is 4.00. The van der Waals surface area contributed by atoms with Gasteiger partial charge in [-0.3, -0.25) is 0 Å². The van der Waals surface area contributed by atoms with Crippen molar-refractivity contribution < 1.29 is 9.13 Å². The molecule has 0 bridgehead atoms. The van der Waals surface area contributed by atoms with Crippen molar-refractivity contribution in [3.63, 3.8) is 0 Å². The molecular weight excluding hydrogens is 297 g/mol. The molecule has 0 fully saturated rings. The lowest BCUT2D eigenvalue weighted by molar-refractivity contribution is 0.107. The van der Waals surface area contributed by atoms with E-state index in [1.807, 2.05) is 24.3 Å². The van der Waals surface area contributed by atoms with E-state index in [-0.39, 0.29) is 10.6 Å². The fourth-order valence-corrected chi connectivity index (χ4v) is 2.00. The van der Waals surface area contributed by atoms with Gasteiger partial charge in [0.1, 0.15) is 10.8 Å². The van der Waals surface area contributed by atoms with Crippen molar-refractivity contribution in [3.05, 3.63) is 70.0 Å². The maximum Gasteiger partial charge on any atom is 0.133 e. The summed E-state index contributed by atoms with van der Waals surface area (Å²) in [5.41, 5.74) is 7.54. The second kappa shape index (κ2) is 6.79. The molecular formula is C15H13ClFNOS. The molecule has 0 aliphatic carbocycles. The van der Waals surface area contributed by atoms with Crippen LogP contribution in [0.2, 0.25) is 5.02 Å². The first kappa shape index (κ1) is 14.9. The summed E-state index contributed by atoms with van der Waals surface area (Å²) in [6, 6.07) is 12.0. The molecule has 5 heteroatoms. The molecule has 104 valence electrons. The fourth-order valence-electron chi connectivity index (χ4n) is 1.72. The van der Waals surface area contributed by atoms with E-state index >= 15 is 0 Å². The van der Waals surface area contributed by atoms with E-state index in [9.17, 15) is 4.39 Å². The maximum absolute atomic E-state index is 13.4. The average molecular weight is 310 g/mol. The van der Waals surface area contributed by atoms with Crippen LogP contribution in [0.25, 0.3) is 0 Å². The molecule has 0 aliphatic heterocycles. The van der Waals surface area contributed by atoms with E-state index in [1.54, 1.807) is 12.1 Å². The number of nitrogens with two attached hydrogens (primary N) is 1. The van der Waals surface area contributed by atoms with Crippen LogP contribution >= 0.6 is 23.8 Å². The highest BCUT2D eigenvalue weighted by atomic mass is 35.5. The van der Waals surface area contributed by atoms with Gasteiger partial charge < -0.3 is 10.5 Å². The summed E-state index contributed by atoms with van der Waals surface area (Å²) in [6.45, 7) is 0.815. The van der Waals surface area contributed by atoms with Gasteiger partial charge in [-0.05, 0) is 35.4 Å². The van der Waals surface area contributed by atoms with Crippen LogP contribution in [0.1, 0.15) is 16.7 Å². The standard InChI is InChI=1S/C15H13ClFNOS/c16-12-4-1-10(2-5-12)8-19-9-11-3-6-14(17)13(7-11)15(18)20/h1-7H,8-9H2,(H2,18,20). The van der Waals surface area contributed by atoms with Gasteiger partial charge in [0.15, 0.2) is 0 Å². The number of hydrogen-bond acceptors (Lipinski definition) is 2. The molecule has 2 aromatic rings. The Morgan fingerprint density at radius 2 is 1.70 bits per heavy atom. The highest BCUT2D eigenvalue weighted by Crippen LogP contribution is 2.14. The molecule has 0 atom stereocenters. The zero-order chi connectivity index (χ0) is 14.5. The molecule has 20 heavy (non-hydrogen) atoms. The monoisotopic (exact) mass is 309 g/mol. The molecule has 2 nitrogen and oxygen atoms in total. The van der Waals surface area contributed by atoms with Gasteiger partial charge in [0, 0.05) is 10.6 Å². The van der Waals surface area contributed by atoms with Gasteiger partial charge in [0.25, 0.3) is 0 Å². The fraction of sp³-hybridized carbons (Fsp3) is 0.133. The predicted molar refractivity (Wildman–Crippen MR) is 82.2 cm³/mol. The Bertz CT molecular complexity index is 616. The SMILES string of the molecule is NC(=S)c1cc(COCc2ccc(Cl)cc2)ccc1F. The van der Waals surface area contributed by atoms with Crippen LogP contribution in [0.4, 0.5) is 4.39 Å². The Labute approximate surface area is 127 Å². The van der Waals surface area contributed by atoms with Gasteiger partial charge in [0.05, 0.1) is 13.2 Å². The van der Waals surface area contributed by atoms with Crippen LogP contribution in [-0.4, -0.2) is 4.99 Å². The van der Waals surface area contributed by atoms with E-state index in [0.29, 0.717) is 18.2 Å². The lowest BCUT2D eigenvalue weighted by Gasteiger charge is -2.07. The van der Waals surface area contributed by atoms with Crippen LogP contribution in [0.5, 0.6) is 0 Å². The van der Waals surface area contributed by atoms with Crippen LogP contribution < -0.4 is 5.73 Å². The first-order valence-corrected chi connectivity index (χ1v) is 6.75. The molecule has 0 amide bonds. The zero-order valence-corrected chi connectivity index (χ0v) is 12.2. The molecule has 0 spiro atoms. The molecule has 0 unspecified atom stereocenters. The summed E-state index contributed by atoms with van der Waals surface area (Å²) in [5.74, 6) is -0.418. The van der Waals surface area contributed by atoms with Crippen molar-refractivity contribution in [2.45, 2.75) is 13.2 Å². The van der Waals surface area contributed by atoms with Crippen molar-refractivity contribution in [2.75, 3.05) is 0 Å². The molecule has 0 saturated carbocycles. The highest BCUT2D eigenvalue weighted by Gasteiger charge is 2.06. The summed E-state index contributed by atoms with van der Waals surface area (Å²) in [4.78, 5) is 0.0436. The number of rotatable bonds is 5. The molecule has 0 radical (unpaired) electrons. The minimum absolute atomic E-state index is 0.0436. The summed E-state index contributed by atoms with van der Waals surface area (Å²) in [5, 5.41) is 0.688. The summed E-state index contributed by atoms with van der Waals surface area (Å²) in [7, 11) is 0. The average Bonchev–Trinajstić information content (AvgIpc) is 2.42. The smallest absolute Gasteiger partial charge is 0.133 e. The Balaban J connectivity index is 1.96. The molecule has 0 aliphatic rings. The molecule has 0 heterocycles. The maximum atomic E-state index is 13.4. The summed E-state index contributed by atoms with van der Waals surface area (Å²) < 4.78 is 19.0. The topological polar surface area (TPSA) is 35.2 Å².